The number of rotatable bonds is 9. The quantitative estimate of drug-likeness (QED) is 0.359. The molecule has 3 aromatic rings. The van der Waals surface area contributed by atoms with Gasteiger partial charge in [-0.05, 0) is 0 Å². The Morgan fingerprint density at radius 3 is 2.57 bits per heavy atom. The number of imidazole rings is 1. The van der Waals surface area contributed by atoms with Crippen molar-refractivity contribution < 1.29 is 14.7 Å². The van der Waals surface area contributed by atoms with Gasteiger partial charge >= 0.3 is 212 Å². The van der Waals surface area contributed by atoms with E-state index in [4.69, 9.17) is 5.73 Å². The predicted molar refractivity (Wildman–Crippen MR) is 134 cm³/mol. The number of aromatic amines is 1. The van der Waals surface area contributed by atoms with Gasteiger partial charge in [0.15, 0.2) is 0 Å². The van der Waals surface area contributed by atoms with E-state index in [1.165, 1.54) is 12.1 Å². The van der Waals surface area contributed by atoms with Crippen molar-refractivity contribution in [1.82, 2.24) is 9.97 Å². The molecule has 1 aliphatic carbocycles. The zero-order valence-electron chi connectivity index (χ0n) is 19.4. The number of carboxylic acids is 1. The standard InChI is InChI=1S/C27H28AsN4O3/c29-14-18-6-8-19(9-7-18)25(33)28-23(12-17-4-2-1-3-5-17)26-31-16-24(32-26)20-10-11-21(15-30)22(13-20)27(34)35/h1-5,10-11,13,16,18-19,23H,6-9,12,14,29H2,(H,31,32)(H,34,35)/t18?,19?,23-/m0/s1. The molecule has 4 N–H and O–H groups in total. The van der Waals surface area contributed by atoms with Gasteiger partial charge in [0.05, 0.1) is 0 Å². The van der Waals surface area contributed by atoms with Gasteiger partial charge in [-0.3, -0.25) is 0 Å². The minimum absolute atomic E-state index is 0.0283. The van der Waals surface area contributed by atoms with Gasteiger partial charge in [-0.2, -0.15) is 0 Å². The van der Waals surface area contributed by atoms with Crippen LogP contribution in [0.2, 0.25) is 0 Å². The summed E-state index contributed by atoms with van der Waals surface area (Å²) in [4.78, 5) is 32.8. The third-order valence-corrected chi connectivity index (χ3v) is 9.53. The maximum absolute atomic E-state index is 13.3. The number of nitrogens with one attached hydrogen (secondary N) is 1. The molecule has 0 spiro atoms. The molecular formula is C27H28AsN4O3. The van der Waals surface area contributed by atoms with Crippen molar-refractivity contribution in [3.8, 4) is 17.3 Å². The van der Waals surface area contributed by atoms with E-state index in [2.05, 4.69) is 22.1 Å². The molecule has 1 aliphatic rings. The van der Waals surface area contributed by atoms with Crippen LogP contribution >= 0.6 is 0 Å². The average Bonchev–Trinajstić information content (AvgIpc) is 3.39. The zero-order valence-corrected chi connectivity index (χ0v) is 21.2. The second-order valence-corrected chi connectivity index (χ2v) is 11.8. The molecule has 0 unspecified atom stereocenters. The number of carboxylic acid groups (broad SMARTS) is 1. The fourth-order valence-electron chi connectivity index (χ4n) is 4.58. The summed E-state index contributed by atoms with van der Waals surface area (Å²) in [5.41, 5.74) is 8.35. The fraction of sp³-hybridized carbons (Fsp3) is 0.333. The molecule has 179 valence electrons. The number of carbonyl (C=O) groups is 2. The molecule has 1 heterocycles. The van der Waals surface area contributed by atoms with Crippen LogP contribution in [0.15, 0.2) is 54.7 Å². The van der Waals surface area contributed by atoms with Crippen molar-refractivity contribution in [2.75, 3.05) is 6.54 Å². The number of carbonyl (C=O) groups excluding carboxylic acids is 1. The van der Waals surface area contributed by atoms with Gasteiger partial charge < -0.3 is 0 Å². The summed E-state index contributed by atoms with van der Waals surface area (Å²) in [5, 5.41) is 18.7. The number of aromatic carboxylic acids is 1. The molecule has 8 heteroatoms. The van der Waals surface area contributed by atoms with Crippen LogP contribution in [-0.2, 0) is 11.2 Å². The van der Waals surface area contributed by atoms with Crippen LogP contribution in [0.4, 0.5) is 0 Å². The van der Waals surface area contributed by atoms with E-state index in [-0.39, 0.29) is 21.8 Å². The number of hydrogen-bond acceptors (Lipinski definition) is 5. The van der Waals surface area contributed by atoms with Gasteiger partial charge in [0, 0.05) is 0 Å². The molecule has 1 aromatic heterocycles. The molecule has 35 heavy (non-hydrogen) atoms. The first-order valence-corrected chi connectivity index (χ1v) is 13.8. The van der Waals surface area contributed by atoms with E-state index in [1.54, 1.807) is 12.3 Å². The Bertz CT molecular complexity index is 1230. The Morgan fingerprint density at radius 1 is 1.17 bits per heavy atom. The van der Waals surface area contributed by atoms with Crippen LogP contribution in [0.5, 0.6) is 0 Å². The van der Waals surface area contributed by atoms with Crippen molar-refractivity contribution in [2.24, 2.45) is 17.6 Å². The van der Waals surface area contributed by atoms with Crippen molar-refractivity contribution in [2.45, 2.75) is 36.8 Å². The third-order valence-electron chi connectivity index (χ3n) is 6.68. The Balaban J connectivity index is 1.58. The van der Waals surface area contributed by atoms with Gasteiger partial charge in [-0.25, -0.2) is 0 Å². The van der Waals surface area contributed by atoms with Crippen molar-refractivity contribution >= 4 is 26.3 Å². The molecule has 1 radical (unpaired) electrons. The first kappa shape index (κ1) is 24.9. The minimum atomic E-state index is -1.15. The molecule has 0 aliphatic heterocycles. The third kappa shape index (κ3) is 6.08. The number of benzene rings is 2. The molecular weight excluding hydrogens is 503 g/mol. The first-order valence-electron chi connectivity index (χ1n) is 11.8. The van der Waals surface area contributed by atoms with Crippen molar-refractivity contribution in [3.63, 3.8) is 0 Å². The van der Waals surface area contributed by atoms with Crippen LogP contribution in [-0.4, -0.2) is 47.9 Å². The topological polar surface area (TPSA) is 133 Å². The molecule has 4 rings (SSSR count). The molecule has 0 bridgehead atoms. The normalized spacial score (nSPS) is 18.9. The number of H-pyrrole nitrogens is 1. The second kappa shape index (κ2) is 11.5. The predicted octanol–water partition coefficient (Wildman–Crippen LogP) is 3.93. The Labute approximate surface area is 211 Å². The average molecular weight is 531 g/mol. The van der Waals surface area contributed by atoms with Crippen molar-refractivity contribution in [3.05, 3.63) is 77.2 Å². The zero-order chi connectivity index (χ0) is 24.8. The Morgan fingerprint density at radius 2 is 1.91 bits per heavy atom. The van der Waals surface area contributed by atoms with Crippen LogP contribution in [0.25, 0.3) is 11.3 Å². The summed E-state index contributed by atoms with van der Waals surface area (Å²) in [6.45, 7) is 0.694. The van der Waals surface area contributed by atoms with E-state index in [1.807, 2.05) is 24.3 Å². The second-order valence-electron chi connectivity index (χ2n) is 8.99. The monoisotopic (exact) mass is 531 g/mol. The number of hydrogen-bond donors (Lipinski definition) is 3. The summed E-state index contributed by atoms with van der Waals surface area (Å²) in [7, 11) is 0. The van der Waals surface area contributed by atoms with Gasteiger partial charge in [0.25, 0.3) is 0 Å². The molecule has 0 amide bonds. The molecule has 0 saturated heterocycles. The Hall–Kier alpha value is -3.20. The number of aromatic nitrogens is 2. The summed E-state index contributed by atoms with van der Waals surface area (Å²) in [6.07, 6.45) is 6.27. The van der Waals surface area contributed by atoms with Gasteiger partial charge in [0.1, 0.15) is 0 Å². The number of nitriles is 1. The fourth-order valence-corrected chi connectivity index (χ4v) is 7.38. The molecule has 1 atom stereocenters. The van der Waals surface area contributed by atoms with E-state index in [0.29, 0.717) is 34.7 Å². The van der Waals surface area contributed by atoms with E-state index >= 15 is 0 Å². The maximum atomic E-state index is 13.3. The summed E-state index contributed by atoms with van der Waals surface area (Å²) >= 11 is -0.653. The number of nitrogens with zero attached hydrogens (tertiary/aromatic N) is 2. The van der Waals surface area contributed by atoms with Crippen LogP contribution in [0, 0.1) is 23.2 Å². The van der Waals surface area contributed by atoms with E-state index in [9.17, 15) is 20.0 Å². The first-order chi connectivity index (χ1) is 17.0. The van der Waals surface area contributed by atoms with Crippen molar-refractivity contribution in [1.29, 1.82) is 5.26 Å². The molecule has 2 aromatic carbocycles. The SMILES string of the molecule is N#Cc1ccc(-c2cnc([C@H](Cc3ccccc3)[As]C(=O)C3CCC(CN)CC3)[nH]2)cc1C(=O)O. The summed E-state index contributed by atoms with van der Waals surface area (Å²) in [6, 6.07) is 16.7. The summed E-state index contributed by atoms with van der Waals surface area (Å²) < 4.78 is 0.335. The van der Waals surface area contributed by atoms with E-state index in [0.717, 1.165) is 37.1 Å². The Kier molecular flexibility index (Phi) is 8.17. The molecule has 7 nitrogen and oxygen atoms in total. The molecule has 1 fully saturated rings. The summed E-state index contributed by atoms with van der Waals surface area (Å²) in [5.74, 6) is 0.243. The van der Waals surface area contributed by atoms with Crippen LogP contribution < -0.4 is 5.73 Å². The van der Waals surface area contributed by atoms with Gasteiger partial charge in [0.2, 0.25) is 0 Å². The number of nitrogens with two attached hydrogens (primary N) is 1. The van der Waals surface area contributed by atoms with E-state index < -0.39 is 21.7 Å². The molecule has 1 saturated carbocycles. The van der Waals surface area contributed by atoms with Crippen LogP contribution in [0.1, 0.15) is 57.7 Å². The van der Waals surface area contributed by atoms with Gasteiger partial charge in [-0.1, -0.05) is 0 Å². The van der Waals surface area contributed by atoms with Crippen LogP contribution in [0.3, 0.4) is 0 Å². The van der Waals surface area contributed by atoms with Gasteiger partial charge in [-0.15, -0.1) is 0 Å².